The first kappa shape index (κ1) is 12.3. The molecule has 3 nitrogen and oxygen atoms in total. The summed E-state index contributed by atoms with van der Waals surface area (Å²) in [5.74, 6) is -0.791. The molecule has 0 amide bonds. The van der Waals surface area contributed by atoms with Gasteiger partial charge < -0.3 is 5.11 Å². The van der Waals surface area contributed by atoms with Gasteiger partial charge >= 0.3 is 5.97 Å². The molecule has 1 N–H and O–H groups in total. The predicted molar refractivity (Wildman–Crippen MR) is 69.3 cm³/mol. The van der Waals surface area contributed by atoms with Gasteiger partial charge in [-0.2, -0.15) is 0 Å². The Kier molecular flexibility index (Phi) is 3.97. The predicted octanol–water partition coefficient (Wildman–Crippen LogP) is 2.53. The molecule has 0 atom stereocenters. The maximum atomic E-state index is 10.9. The summed E-state index contributed by atoms with van der Waals surface area (Å²) in [6.07, 6.45) is 3.53. The first-order valence-electron chi connectivity index (χ1n) is 5.90. The molecule has 0 unspecified atom stereocenters. The van der Waals surface area contributed by atoms with Crippen LogP contribution in [-0.4, -0.2) is 29.1 Å². The van der Waals surface area contributed by atoms with Crippen LogP contribution in [0.3, 0.4) is 0 Å². The number of fused-ring (bicyclic) bond motifs is 1. The fourth-order valence-electron chi connectivity index (χ4n) is 2.08. The maximum Gasteiger partial charge on any atom is 0.331 e. The zero-order valence-corrected chi connectivity index (χ0v) is 10.8. The van der Waals surface area contributed by atoms with Crippen LogP contribution in [0, 0.1) is 0 Å². The highest BCUT2D eigenvalue weighted by Crippen LogP contribution is 2.23. The van der Waals surface area contributed by atoms with Crippen LogP contribution in [0.5, 0.6) is 0 Å². The van der Waals surface area contributed by atoms with Gasteiger partial charge in [-0.05, 0) is 29.9 Å². The van der Waals surface area contributed by atoms with Crippen molar-refractivity contribution in [3.05, 3.63) is 33.5 Å². The van der Waals surface area contributed by atoms with Gasteiger partial charge in [0.15, 0.2) is 0 Å². The Morgan fingerprint density at radius 2 is 2.47 bits per heavy atom. The van der Waals surface area contributed by atoms with E-state index in [1.165, 1.54) is 10.4 Å². The largest absolute Gasteiger partial charge is 0.478 e. The summed E-state index contributed by atoms with van der Waals surface area (Å²) >= 11 is 1.83. The molecular formula is C13H17NO2S. The van der Waals surface area contributed by atoms with E-state index in [1.54, 1.807) is 0 Å². The Morgan fingerprint density at radius 3 is 3.18 bits per heavy atom. The summed E-state index contributed by atoms with van der Waals surface area (Å²) < 4.78 is 0. The van der Waals surface area contributed by atoms with Gasteiger partial charge in [-0.15, -0.1) is 11.3 Å². The highest BCUT2D eigenvalue weighted by atomic mass is 32.1. The summed E-state index contributed by atoms with van der Waals surface area (Å²) in [5.41, 5.74) is 1.92. The van der Waals surface area contributed by atoms with Crippen LogP contribution >= 0.6 is 11.3 Å². The van der Waals surface area contributed by atoms with Crippen LogP contribution in [-0.2, 0) is 17.8 Å². The van der Waals surface area contributed by atoms with E-state index in [0.717, 1.165) is 26.1 Å². The van der Waals surface area contributed by atoms with Crippen molar-refractivity contribution in [1.29, 1.82) is 0 Å². The monoisotopic (exact) mass is 251 g/mol. The van der Waals surface area contributed by atoms with Crippen LogP contribution in [0.15, 0.2) is 23.1 Å². The quantitative estimate of drug-likeness (QED) is 0.836. The molecule has 0 spiro atoms. The number of carboxylic acids is 1. The lowest BCUT2D eigenvalue weighted by atomic mass is 10.1. The van der Waals surface area contributed by atoms with Gasteiger partial charge in [-0.3, -0.25) is 4.90 Å². The molecule has 0 fully saturated rings. The fourth-order valence-corrected chi connectivity index (χ4v) is 2.97. The van der Waals surface area contributed by atoms with Gasteiger partial charge in [0, 0.05) is 30.1 Å². The number of hydrogen-bond acceptors (Lipinski definition) is 3. The van der Waals surface area contributed by atoms with E-state index in [2.05, 4.69) is 16.3 Å². The van der Waals surface area contributed by atoms with Gasteiger partial charge in [0.25, 0.3) is 0 Å². The minimum Gasteiger partial charge on any atom is -0.478 e. The first-order chi connectivity index (χ1) is 8.20. The topological polar surface area (TPSA) is 40.5 Å². The third kappa shape index (κ3) is 2.96. The number of hydrogen-bond donors (Lipinski definition) is 1. The average molecular weight is 251 g/mol. The molecule has 4 heteroatoms. The summed E-state index contributed by atoms with van der Waals surface area (Å²) in [4.78, 5) is 14.7. The fraction of sp³-hybridized carbons (Fsp3) is 0.462. The molecule has 2 heterocycles. The Bertz CT molecular complexity index is 436. The number of thiophene rings is 1. The zero-order valence-electron chi connectivity index (χ0n) is 9.98. The van der Waals surface area contributed by atoms with Gasteiger partial charge in [0.05, 0.1) is 0 Å². The average Bonchev–Trinajstić information content (AvgIpc) is 2.76. The Labute approximate surface area is 105 Å². The lowest BCUT2D eigenvalue weighted by Crippen LogP contribution is -2.30. The number of aliphatic carboxylic acids is 1. The Hall–Kier alpha value is -1.13. The smallest absolute Gasteiger partial charge is 0.331 e. The Morgan fingerprint density at radius 1 is 1.65 bits per heavy atom. The van der Waals surface area contributed by atoms with Crippen molar-refractivity contribution in [1.82, 2.24) is 4.90 Å². The summed E-state index contributed by atoms with van der Waals surface area (Å²) in [7, 11) is 0. The van der Waals surface area contributed by atoms with E-state index in [1.807, 2.05) is 24.3 Å². The molecule has 1 aromatic rings. The van der Waals surface area contributed by atoms with Crippen molar-refractivity contribution in [2.75, 3.05) is 13.1 Å². The van der Waals surface area contributed by atoms with E-state index < -0.39 is 5.97 Å². The third-order valence-corrected chi connectivity index (χ3v) is 4.16. The first-order valence-corrected chi connectivity index (χ1v) is 6.78. The highest BCUT2D eigenvalue weighted by Gasteiger charge is 2.16. The summed E-state index contributed by atoms with van der Waals surface area (Å²) in [6, 6.07) is 2.17. The van der Waals surface area contributed by atoms with E-state index in [4.69, 9.17) is 5.11 Å². The second-order valence-electron chi connectivity index (χ2n) is 4.24. The minimum atomic E-state index is -0.791. The van der Waals surface area contributed by atoms with Crippen LogP contribution in [0.4, 0.5) is 0 Å². The molecule has 1 aliphatic rings. The second kappa shape index (κ2) is 5.47. The molecule has 0 saturated carbocycles. The maximum absolute atomic E-state index is 10.9. The van der Waals surface area contributed by atoms with Gasteiger partial charge in [-0.25, -0.2) is 4.79 Å². The molecule has 0 radical (unpaired) electrons. The van der Waals surface area contributed by atoms with E-state index in [-0.39, 0.29) is 0 Å². The number of carbonyl (C=O) groups is 1. The van der Waals surface area contributed by atoms with E-state index in [0.29, 0.717) is 12.0 Å². The molecule has 0 aliphatic carbocycles. The molecule has 1 aromatic heterocycles. The lowest BCUT2D eigenvalue weighted by molar-refractivity contribution is -0.132. The van der Waals surface area contributed by atoms with Gasteiger partial charge in [-0.1, -0.05) is 13.0 Å². The van der Waals surface area contributed by atoms with Gasteiger partial charge in [0.2, 0.25) is 0 Å². The van der Waals surface area contributed by atoms with Crippen molar-refractivity contribution in [2.24, 2.45) is 0 Å². The molecular weight excluding hydrogens is 234 g/mol. The van der Waals surface area contributed by atoms with Gasteiger partial charge in [0.1, 0.15) is 0 Å². The zero-order chi connectivity index (χ0) is 12.3. The molecule has 1 aliphatic heterocycles. The van der Waals surface area contributed by atoms with Crippen molar-refractivity contribution >= 4 is 17.3 Å². The van der Waals surface area contributed by atoms with Crippen molar-refractivity contribution in [3.8, 4) is 0 Å². The van der Waals surface area contributed by atoms with E-state index >= 15 is 0 Å². The standard InChI is InChI=1S/C13H17NO2S/c1-2-10(13(15)16)3-6-14-7-4-12-11(9-14)5-8-17-12/h3,5,8H,2,4,6-7,9H2,1H3,(H,15,16). The lowest BCUT2D eigenvalue weighted by Gasteiger charge is -2.25. The Balaban J connectivity index is 1.96. The molecule has 17 heavy (non-hydrogen) atoms. The number of rotatable bonds is 4. The van der Waals surface area contributed by atoms with Crippen molar-refractivity contribution in [3.63, 3.8) is 0 Å². The molecule has 0 bridgehead atoms. The number of carboxylic acid groups (broad SMARTS) is 1. The minimum absolute atomic E-state index is 0.515. The molecule has 92 valence electrons. The number of nitrogens with zero attached hydrogens (tertiary/aromatic N) is 1. The van der Waals surface area contributed by atoms with Crippen LogP contribution < -0.4 is 0 Å². The highest BCUT2D eigenvalue weighted by molar-refractivity contribution is 7.10. The van der Waals surface area contributed by atoms with Crippen molar-refractivity contribution in [2.45, 2.75) is 26.3 Å². The molecule has 2 rings (SSSR count). The third-order valence-electron chi connectivity index (χ3n) is 3.14. The van der Waals surface area contributed by atoms with Crippen LogP contribution in [0.2, 0.25) is 0 Å². The van der Waals surface area contributed by atoms with Crippen LogP contribution in [0.25, 0.3) is 0 Å². The summed E-state index contributed by atoms with van der Waals surface area (Å²) in [6.45, 7) is 4.60. The second-order valence-corrected chi connectivity index (χ2v) is 5.24. The van der Waals surface area contributed by atoms with E-state index in [9.17, 15) is 4.79 Å². The molecule has 0 saturated heterocycles. The molecule has 0 aromatic carbocycles. The summed E-state index contributed by atoms with van der Waals surface area (Å²) in [5, 5.41) is 11.1. The SMILES string of the molecule is CCC(=CCN1CCc2sccc2C1)C(=O)O. The van der Waals surface area contributed by atoms with Crippen LogP contribution in [0.1, 0.15) is 23.8 Å². The normalized spacial score (nSPS) is 16.9. The van der Waals surface area contributed by atoms with Crippen molar-refractivity contribution < 1.29 is 9.90 Å².